The highest BCUT2D eigenvalue weighted by atomic mass is 15.3. The molecule has 0 fully saturated rings. The number of aromatic amines is 1. The number of rotatable bonds is 1. The molecule has 0 spiro atoms. The Morgan fingerprint density at radius 1 is 1.45 bits per heavy atom. The van der Waals surface area contributed by atoms with Crippen LogP contribution in [0.5, 0.6) is 0 Å². The van der Waals surface area contributed by atoms with Gasteiger partial charge in [-0.05, 0) is 0 Å². The number of nitrogens with one attached hydrogen (secondary N) is 1. The lowest BCUT2D eigenvalue weighted by molar-refractivity contribution is 0.935. The summed E-state index contributed by atoms with van der Waals surface area (Å²) in [5.74, 6) is 0.466. The molecule has 2 aromatic rings. The lowest BCUT2D eigenvalue weighted by Crippen LogP contribution is -1.89. The molecule has 6 heteroatoms. The maximum atomic E-state index is 3.85. The van der Waals surface area contributed by atoms with E-state index in [9.17, 15) is 0 Å². The molecule has 53 valence electrons. The number of aromatic nitrogens is 6. The zero-order valence-electron chi connectivity index (χ0n) is 5.39. The summed E-state index contributed by atoms with van der Waals surface area (Å²) in [6, 6.07) is 0. The molecule has 0 amide bonds. The molecule has 2 aromatic heterocycles. The van der Waals surface area contributed by atoms with E-state index in [-0.39, 0.29) is 0 Å². The summed E-state index contributed by atoms with van der Waals surface area (Å²) in [6.07, 6.45) is 5.36. The van der Waals surface area contributed by atoms with Gasteiger partial charge in [-0.2, -0.15) is 0 Å². The third-order valence-corrected chi connectivity index (χ3v) is 1.10. The highest BCUT2D eigenvalue weighted by molar-refractivity contribution is 5.44. The monoisotopic (exact) mass is 147 g/mol. The van der Waals surface area contributed by atoms with E-state index >= 15 is 0 Å². The first kappa shape index (κ1) is 5.90. The second-order valence-corrected chi connectivity index (χ2v) is 1.77. The molecule has 11 heavy (non-hydrogen) atoms. The van der Waals surface area contributed by atoms with Gasteiger partial charge >= 0.3 is 0 Å². The minimum Gasteiger partial charge on any atom is -0.265 e. The molecule has 0 aliphatic rings. The Morgan fingerprint density at radius 3 is 3.09 bits per heavy atom. The minimum absolute atomic E-state index is 0.466. The van der Waals surface area contributed by atoms with E-state index < -0.39 is 0 Å². The van der Waals surface area contributed by atoms with Crippen molar-refractivity contribution in [1.29, 1.82) is 0 Å². The molecule has 0 aliphatic carbocycles. The van der Waals surface area contributed by atoms with Gasteiger partial charge in [-0.1, -0.05) is 5.21 Å². The summed E-state index contributed by atoms with van der Waals surface area (Å²) >= 11 is 0. The molecule has 0 unspecified atom stereocenters. The zero-order chi connectivity index (χ0) is 7.52. The normalized spacial score (nSPS) is 9.82. The zero-order valence-corrected chi connectivity index (χ0v) is 5.39. The fourth-order valence-electron chi connectivity index (χ4n) is 0.649. The van der Waals surface area contributed by atoms with Gasteiger partial charge in [0.25, 0.3) is 0 Å². The lowest BCUT2D eigenvalue weighted by Gasteiger charge is -1.87. The van der Waals surface area contributed by atoms with E-state index in [0.717, 1.165) is 0 Å². The Kier molecular flexibility index (Phi) is 1.29. The largest absolute Gasteiger partial charge is 0.265 e. The van der Waals surface area contributed by atoms with Crippen molar-refractivity contribution < 1.29 is 0 Å². The molecule has 2 heterocycles. The predicted octanol–water partition coefficient (Wildman–Crippen LogP) is -0.543. The average Bonchev–Trinajstić information content (AvgIpc) is 2.58. The van der Waals surface area contributed by atoms with Crippen LogP contribution in [0.1, 0.15) is 0 Å². The molecule has 1 radical (unpaired) electrons. The van der Waals surface area contributed by atoms with Crippen LogP contribution in [0.4, 0.5) is 0 Å². The lowest BCUT2D eigenvalue weighted by atomic mass is 10.4. The molecule has 0 aromatic carbocycles. The smallest absolute Gasteiger partial charge is 0.201 e. The van der Waals surface area contributed by atoms with Crippen LogP contribution in [-0.4, -0.2) is 30.4 Å². The topological polar surface area (TPSA) is 80.2 Å². The van der Waals surface area contributed by atoms with Crippen molar-refractivity contribution in [2.24, 2.45) is 0 Å². The number of H-pyrrole nitrogens is 1. The second kappa shape index (κ2) is 2.41. The number of hydrogen-bond donors (Lipinski definition) is 1. The van der Waals surface area contributed by atoms with Gasteiger partial charge in [0.1, 0.15) is 12.0 Å². The van der Waals surface area contributed by atoms with Crippen molar-refractivity contribution in [2.45, 2.75) is 0 Å². The van der Waals surface area contributed by atoms with E-state index in [1.54, 1.807) is 6.20 Å². The van der Waals surface area contributed by atoms with Crippen LogP contribution in [0.3, 0.4) is 0 Å². The fraction of sp³-hybridized carbons (Fsp3) is 0. The van der Waals surface area contributed by atoms with Gasteiger partial charge in [-0.3, -0.25) is 5.10 Å². The van der Waals surface area contributed by atoms with Gasteiger partial charge in [-0.25, -0.2) is 15.0 Å². The van der Waals surface area contributed by atoms with Crippen molar-refractivity contribution in [3.8, 4) is 11.5 Å². The molecule has 0 bridgehead atoms. The van der Waals surface area contributed by atoms with Gasteiger partial charge in [0.2, 0.25) is 6.33 Å². The summed E-state index contributed by atoms with van der Waals surface area (Å²) in [5, 5.41) is 9.77. The summed E-state index contributed by atoms with van der Waals surface area (Å²) in [7, 11) is 0. The summed E-state index contributed by atoms with van der Waals surface area (Å²) in [4.78, 5) is 11.1. The van der Waals surface area contributed by atoms with Crippen LogP contribution >= 0.6 is 0 Å². The van der Waals surface area contributed by atoms with E-state index in [2.05, 4.69) is 36.7 Å². The molecule has 0 saturated carbocycles. The molecule has 0 aliphatic heterocycles. The van der Waals surface area contributed by atoms with Crippen LogP contribution in [0.25, 0.3) is 11.5 Å². The fourth-order valence-corrected chi connectivity index (χ4v) is 0.649. The Labute approximate surface area is 61.7 Å². The van der Waals surface area contributed by atoms with Crippen molar-refractivity contribution in [3.05, 3.63) is 18.9 Å². The van der Waals surface area contributed by atoms with E-state index in [4.69, 9.17) is 0 Å². The minimum atomic E-state index is 0.466. The van der Waals surface area contributed by atoms with Crippen LogP contribution in [0.2, 0.25) is 0 Å². The van der Waals surface area contributed by atoms with Crippen LogP contribution in [0, 0.1) is 6.33 Å². The molecule has 6 nitrogen and oxygen atoms in total. The Bertz CT molecular complexity index is 314. The summed E-state index contributed by atoms with van der Waals surface area (Å²) in [6.45, 7) is 0. The first-order valence-electron chi connectivity index (χ1n) is 2.89. The quantitative estimate of drug-likeness (QED) is 0.585. The highest BCUT2D eigenvalue weighted by Gasteiger charge is 2.01. The summed E-state index contributed by atoms with van der Waals surface area (Å²) < 4.78 is 0. The summed E-state index contributed by atoms with van der Waals surface area (Å²) in [5.41, 5.74) is 0.587. The highest BCUT2D eigenvalue weighted by Crippen LogP contribution is 2.04. The molecule has 1 N–H and O–H groups in total. The second-order valence-electron chi connectivity index (χ2n) is 1.77. The molecular formula is C5H3N6. The molecule has 2 rings (SSSR count). The maximum absolute atomic E-state index is 3.85. The third-order valence-electron chi connectivity index (χ3n) is 1.10. The third kappa shape index (κ3) is 1.05. The standard InChI is InChI=1S/C5H3N6/c1-4(10-11-9-1)5-7-2-6-3-8-5/h1-2H,(H,9,10,11). The van der Waals surface area contributed by atoms with Gasteiger partial charge in [0.15, 0.2) is 5.82 Å². The SMILES string of the molecule is [c]1ncnc(-c2c[nH]nn2)n1. The number of nitrogens with zero attached hydrogens (tertiary/aromatic N) is 5. The van der Waals surface area contributed by atoms with Gasteiger partial charge < -0.3 is 0 Å². The predicted molar refractivity (Wildman–Crippen MR) is 34.0 cm³/mol. The maximum Gasteiger partial charge on any atom is 0.201 e. The van der Waals surface area contributed by atoms with Crippen molar-refractivity contribution in [2.75, 3.05) is 0 Å². The van der Waals surface area contributed by atoms with E-state index in [1.165, 1.54) is 6.33 Å². The van der Waals surface area contributed by atoms with Gasteiger partial charge in [0.05, 0.1) is 6.20 Å². The Balaban J connectivity index is 2.46. The molecule has 0 atom stereocenters. The average molecular weight is 147 g/mol. The van der Waals surface area contributed by atoms with Crippen LogP contribution in [-0.2, 0) is 0 Å². The van der Waals surface area contributed by atoms with Crippen LogP contribution in [0.15, 0.2) is 12.5 Å². The van der Waals surface area contributed by atoms with Crippen LogP contribution < -0.4 is 0 Å². The van der Waals surface area contributed by atoms with E-state index in [1.807, 2.05) is 0 Å². The van der Waals surface area contributed by atoms with Gasteiger partial charge in [-0.15, -0.1) is 5.10 Å². The molecular weight excluding hydrogens is 144 g/mol. The molecule has 0 saturated heterocycles. The first-order valence-corrected chi connectivity index (χ1v) is 2.89. The van der Waals surface area contributed by atoms with E-state index in [0.29, 0.717) is 11.5 Å². The van der Waals surface area contributed by atoms with Crippen molar-refractivity contribution >= 4 is 0 Å². The Morgan fingerprint density at radius 2 is 2.45 bits per heavy atom. The first-order chi connectivity index (χ1) is 5.47. The van der Waals surface area contributed by atoms with Crippen molar-refractivity contribution in [3.63, 3.8) is 0 Å². The van der Waals surface area contributed by atoms with Crippen molar-refractivity contribution in [1.82, 2.24) is 30.4 Å². The Hall–Kier alpha value is -1.85. The van der Waals surface area contributed by atoms with Gasteiger partial charge in [0, 0.05) is 0 Å². The number of hydrogen-bond acceptors (Lipinski definition) is 5.